The molecule has 1 aliphatic carbocycles. The van der Waals surface area contributed by atoms with Gasteiger partial charge in [0.2, 0.25) is 0 Å². The van der Waals surface area contributed by atoms with E-state index in [-0.39, 0.29) is 30.5 Å². The van der Waals surface area contributed by atoms with Gasteiger partial charge in [-0.2, -0.15) is 0 Å². The summed E-state index contributed by atoms with van der Waals surface area (Å²) in [5.74, 6) is 0.389. The first-order valence-electron chi connectivity index (χ1n) is 9.78. The molecule has 2 rings (SSSR count). The Morgan fingerprint density at radius 3 is 2.59 bits per heavy atom. The first kappa shape index (κ1) is 21.1. The third-order valence-corrected chi connectivity index (χ3v) is 4.97. The first-order chi connectivity index (χ1) is 12.9. The predicted octanol–water partition coefficient (Wildman–Crippen LogP) is 5.27. The lowest BCUT2D eigenvalue weighted by Gasteiger charge is -2.23. The molecule has 0 aromatic heterocycles. The topological polar surface area (TPSA) is 69.9 Å². The lowest BCUT2D eigenvalue weighted by Crippen LogP contribution is -2.07. The third-order valence-electron chi connectivity index (χ3n) is 4.97. The van der Waals surface area contributed by atoms with Gasteiger partial charge in [-0.1, -0.05) is 43.6 Å². The van der Waals surface area contributed by atoms with E-state index in [2.05, 4.69) is 20.4 Å². The van der Waals surface area contributed by atoms with Crippen LogP contribution in [0.1, 0.15) is 64.0 Å². The van der Waals surface area contributed by atoms with E-state index in [0.29, 0.717) is 17.5 Å². The van der Waals surface area contributed by atoms with Crippen molar-refractivity contribution < 1.29 is 20.1 Å². The predicted molar refractivity (Wildman–Crippen MR) is 110 cm³/mol. The van der Waals surface area contributed by atoms with E-state index >= 15 is 0 Å². The Bertz CT molecular complexity index is 756. The van der Waals surface area contributed by atoms with Crippen molar-refractivity contribution in [3.05, 3.63) is 46.6 Å². The Morgan fingerprint density at radius 2 is 1.96 bits per heavy atom. The number of aliphatic hydroxyl groups excluding tert-OH is 1. The highest BCUT2D eigenvalue weighted by atomic mass is 16.5. The molecule has 0 fully saturated rings. The summed E-state index contributed by atoms with van der Waals surface area (Å²) in [5.41, 5.74) is 5.20. The van der Waals surface area contributed by atoms with Gasteiger partial charge in [0.1, 0.15) is 12.4 Å². The molecule has 4 heteroatoms. The molecule has 1 aromatic carbocycles. The van der Waals surface area contributed by atoms with Crippen molar-refractivity contribution in [3.63, 3.8) is 0 Å². The van der Waals surface area contributed by atoms with Gasteiger partial charge in [-0.3, -0.25) is 0 Å². The number of benzene rings is 1. The van der Waals surface area contributed by atoms with Crippen molar-refractivity contribution in [1.82, 2.24) is 0 Å². The molecule has 0 atom stereocenters. The number of hydrogen-bond acceptors (Lipinski definition) is 4. The fourth-order valence-electron chi connectivity index (χ4n) is 3.52. The molecule has 1 aliphatic rings. The number of unbranched alkanes of at least 4 members (excludes halogenated alkanes) is 2. The molecule has 148 valence electrons. The van der Waals surface area contributed by atoms with E-state index in [4.69, 9.17) is 4.74 Å². The zero-order valence-electron chi connectivity index (χ0n) is 16.8. The molecular weight excluding hydrogens is 340 g/mol. The number of aromatic hydroxyl groups is 2. The molecule has 0 unspecified atom stereocenters. The van der Waals surface area contributed by atoms with Crippen LogP contribution in [0.4, 0.5) is 0 Å². The van der Waals surface area contributed by atoms with Gasteiger partial charge in [0, 0.05) is 5.56 Å². The Hall–Kier alpha value is -2.20. The highest BCUT2D eigenvalue weighted by molar-refractivity contribution is 5.88. The maximum atomic E-state index is 10.9. The summed E-state index contributed by atoms with van der Waals surface area (Å²) < 4.78 is 5.71. The van der Waals surface area contributed by atoms with Crippen molar-refractivity contribution in [3.8, 4) is 17.2 Å². The van der Waals surface area contributed by atoms with Crippen molar-refractivity contribution >= 4 is 5.57 Å². The van der Waals surface area contributed by atoms with Crippen molar-refractivity contribution in [2.45, 2.75) is 59.3 Å². The molecule has 0 aliphatic heterocycles. The largest absolute Gasteiger partial charge is 0.507 e. The van der Waals surface area contributed by atoms with Gasteiger partial charge in [-0.15, -0.1) is 0 Å². The van der Waals surface area contributed by atoms with Crippen LogP contribution in [0.25, 0.3) is 5.57 Å². The summed E-state index contributed by atoms with van der Waals surface area (Å²) in [6.07, 6.45) is 7.56. The molecule has 0 bridgehead atoms. The Kier molecular flexibility index (Phi) is 7.55. The molecule has 0 heterocycles. The van der Waals surface area contributed by atoms with Crippen LogP contribution < -0.4 is 4.74 Å². The molecule has 0 radical (unpaired) electrons. The SMILES string of the molecule is C=C(C)C1=C(c2c(O)cc(CCCCC)c(O)c2OCCO)C=C(C)CC1. The number of phenols is 2. The van der Waals surface area contributed by atoms with Crippen LogP contribution in [0.3, 0.4) is 0 Å². The van der Waals surface area contributed by atoms with Crippen molar-refractivity contribution in [2.24, 2.45) is 0 Å². The van der Waals surface area contributed by atoms with E-state index in [1.165, 1.54) is 5.57 Å². The summed E-state index contributed by atoms with van der Waals surface area (Å²) in [4.78, 5) is 0. The van der Waals surface area contributed by atoms with Gasteiger partial charge < -0.3 is 20.1 Å². The number of aliphatic hydroxyl groups is 1. The summed E-state index contributed by atoms with van der Waals surface area (Å²) in [6, 6.07) is 1.65. The average molecular weight is 373 g/mol. The number of ether oxygens (including phenoxy) is 1. The molecule has 0 spiro atoms. The van der Waals surface area contributed by atoms with E-state index < -0.39 is 0 Å². The molecule has 4 nitrogen and oxygen atoms in total. The summed E-state index contributed by atoms with van der Waals surface area (Å²) in [7, 11) is 0. The standard InChI is InChI=1S/C23H32O4/c1-5-6-7-8-17-14-20(25)21(23(22(17)26)27-12-11-24)19-13-16(4)9-10-18(19)15(2)3/h13-14,24-26H,2,5-12H2,1,3-4H3. The van der Waals surface area contributed by atoms with Gasteiger partial charge >= 0.3 is 0 Å². The van der Waals surface area contributed by atoms with Crippen LogP contribution >= 0.6 is 0 Å². The minimum atomic E-state index is -0.166. The molecule has 3 N–H and O–H groups in total. The second kappa shape index (κ2) is 9.65. The Labute approximate surface area is 162 Å². The van der Waals surface area contributed by atoms with Gasteiger partial charge in [0.05, 0.1) is 12.2 Å². The number of aryl methyl sites for hydroxylation is 1. The van der Waals surface area contributed by atoms with Crippen molar-refractivity contribution in [1.29, 1.82) is 0 Å². The lowest BCUT2D eigenvalue weighted by atomic mass is 9.84. The number of phenolic OH excluding ortho intramolecular Hbond substituents is 2. The van der Waals surface area contributed by atoms with Crippen LogP contribution in [0.15, 0.2) is 35.4 Å². The van der Waals surface area contributed by atoms with Crippen LogP contribution in [0.5, 0.6) is 17.2 Å². The Balaban J connectivity index is 2.63. The Morgan fingerprint density at radius 1 is 1.22 bits per heavy atom. The zero-order chi connectivity index (χ0) is 20.0. The molecule has 0 saturated carbocycles. The molecule has 1 aromatic rings. The highest BCUT2D eigenvalue weighted by Crippen LogP contribution is 2.47. The van der Waals surface area contributed by atoms with E-state index in [1.807, 2.05) is 13.0 Å². The zero-order valence-corrected chi connectivity index (χ0v) is 16.8. The lowest BCUT2D eigenvalue weighted by molar-refractivity contribution is 0.196. The molecule has 27 heavy (non-hydrogen) atoms. The summed E-state index contributed by atoms with van der Waals surface area (Å²) in [5, 5.41) is 30.9. The number of rotatable bonds is 9. The van der Waals surface area contributed by atoms with Crippen molar-refractivity contribution in [2.75, 3.05) is 13.2 Å². The second-order valence-electron chi connectivity index (χ2n) is 7.30. The summed E-state index contributed by atoms with van der Waals surface area (Å²) >= 11 is 0. The minimum Gasteiger partial charge on any atom is -0.507 e. The van der Waals surface area contributed by atoms with Crippen LogP contribution in [0, 0.1) is 0 Å². The highest BCUT2D eigenvalue weighted by Gasteiger charge is 2.25. The van der Waals surface area contributed by atoms with Gasteiger partial charge in [0.25, 0.3) is 0 Å². The summed E-state index contributed by atoms with van der Waals surface area (Å²) in [6.45, 7) is 10.1. The smallest absolute Gasteiger partial charge is 0.172 e. The maximum absolute atomic E-state index is 10.9. The van der Waals surface area contributed by atoms with Crippen LogP contribution in [-0.2, 0) is 6.42 Å². The van der Waals surface area contributed by atoms with E-state index in [1.54, 1.807) is 6.07 Å². The van der Waals surface area contributed by atoms with E-state index in [0.717, 1.165) is 48.8 Å². The maximum Gasteiger partial charge on any atom is 0.172 e. The minimum absolute atomic E-state index is 0.0524. The van der Waals surface area contributed by atoms with Crippen LogP contribution in [-0.4, -0.2) is 28.5 Å². The van der Waals surface area contributed by atoms with Gasteiger partial charge in [0.15, 0.2) is 11.5 Å². The monoisotopic (exact) mass is 372 g/mol. The van der Waals surface area contributed by atoms with Gasteiger partial charge in [-0.05, 0) is 56.7 Å². The third kappa shape index (κ3) is 4.95. The van der Waals surface area contributed by atoms with E-state index in [9.17, 15) is 15.3 Å². The second-order valence-corrected chi connectivity index (χ2v) is 7.30. The van der Waals surface area contributed by atoms with Gasteiger partial charge in [-0.25, -0.2) is 0 Å². The number of hydrogen-bond donors (Lipinski definition) is 3. The average Bonchev–Trinajstić information content (AvgIpc) is 2.62. The molecule has 0 saturated heterocycles. The van der Waals surface area contributed by atoms with Crippen LogP contribution in [0.2, 0.25) is 0 Å². The molecule has 0 amide bonds. The first-order valence-corrected chi connectivity index (χ1v) is 9.78. The fourth-order valence-corrected chi connectivity index (χ4v) is 3.52. The number of allylic oxidation sites excluding steroid dienone is 5. The normalized spacial score (nSPS) is 14.3. The quantitative estimate of drug-likeness (QED) is 0.408. The molecular formula is C23H32O4. The fraction of sp³-hybridized carbons (Fsp3) is 0.478.